The van der Waals surface area contributed by atoms with Gasteiger partial charge in [-0.15, -0.1) is 0 Å². The van der Waals surface area contributed by atoms with Gasteiger partial charge in [0.15, 0.2) is 0 Å². The van der Waals surface area contributed by atoms with Crippen molar-refractivity contribution in [3.05, 3.63) is 42.6 Å². The third kappa shape index (κ3) is 2.47. The van der Waals surface area contributed by atoms with Crippen molar-refractivity contribution in [1.82, 2.24) is 4.98 Å². The molecule has 0 saturated carbocycles. The molecule has 1 fully saturated rings. The minimum Gasteiger partial charge on any atom is -0.397 e. The second kappa shape index (κ2) is 5.28. The van der Waals surface area contributed by atoms with Crippen LogP contribution in [0.1, 0.15) is 0 Å². The number of piperazine rings is 1. The van der Waals surface area contributed by atoms with Gasteiger partial charge in [0.05, 0.1) is 11.4 Å². The Morgan fingerprint density at radius 2 is 1.60 bits per heavy atom. The molecule has 0 bridgehead atoms. The Labute approximate surface area is 118 Å². The predicted octanol–water partition coefficient (Wildman–Crippen LogP) is 1.57. The van der Waals surface area contributed by atoms with Gasteiger partial charge in [-0.25, -0.2) is 4.98 Å². The molecule has 0 aliphatic carbocycles. The summed E-state index contributed by atoms with van der Waals surface area (Å²) in [7, 11) is 0. The molecular formula is C15H19N5. The first kappa shape index (κ1) is 12.6. The van der Waals surface area contributed by atoms with E-state index in [1.54, 1.807) is 0 Å². The van der Waals surface area contributed by atoms with Crippen molar-refractivity contribution >= 4 is 22.9 Å². The van der Waals surface area contributed by atoms with Crippen molar-refractivity contribution in [2.45, 2.75) is 0 Å². The summed E-state index contributed by atoms with van der Waals surface area (Å²) >= 11 is 0. The zero-order chi connectivity index (χ0) is 13.9. The molecule has 4 N–H and O–H groups in total. The molecule has 1 aromatic carbocycles. The van der Waals surface area contributed by atoms with Gasteiger partial charge in [0.25, 0.3) is 0 Å². The molecule has 2 aromatic rings. The molecule has 1 saturated heterocycles. The molecule has 0 radical (unpaired) electrons. The normalized spacial score (nSPS) is 15.4. The predicted molar refractivity (Wildman–Crippen MR) is 83.9 cm³/mol. The number of rotatable bonds is 2. The molecule has 3 rings (SSSR count). The van der Waals surface area contributed by atoms with Crippen LogP contribution in [0.2, 0.25) is 0 Å². The van der Waals surface area contributed by atoms with Crippen LogP contribution in [0.5, 0.6) is 0 Å². The van der Waals surface area contributed by atoms with Gasteiger partial charge >= 0.3 is 0 Å². The quantitative estimate of drug-likeness (QED) is 0.810. The van der Waals surface area contributed by atoms with Crippen LogP contribution in [0.15, 0.2) is 42.6 Å². The van der Waals surface area contributed by atoms with Crippen LogP contribution in [0, 0.1) is 0 Å². The number of hydrogen-bond donors (Lipinski definition) is 2. The van der Waals surface area contributed by atoms with E-state index in [4.69, 9.17) is 11.5 Å². The maximum absolute atomic E-state index is 5.87. The number of anilines is 4. The zero-order valence-corrected chi connectivity index (χ0v) is 11.4. The van der Waals surface area contributed by atoms with Crippen molar-refractivity contribution in [3.63, 3.8) is 0 Å². The van der Waals surface area contributed by atoms with Gasteiger partial charge in [-0.3, -0.25) is 0 Å². The number of benzene rings is 1. The highest BCUT2D eigenvalue weighted by atomic mass is 15.3. The van der Waals surface area contributed by atoms with Crippen LogP contribution >= 0.6 is 0 Å². The third-order valence-electron chi connectivity index (χ3n) is 3.69. The second-order valence-electron chi connectivity index (χ2n) is 4.98. The van der Waals surface area contributed by atoms with E-state index in [1.165, 1.54) is 0 Å². The van der Waals surface area contributed by atoms with Crippen LogP contribution in [-0.2, 0) is 0 Å². The van der Waals surface area contributed by atoms with Crippen molar-refractivity contribution in [2.24, 2.45) is 0 Å². The lowest BCUT2D eigenvalue weighted by atomic mass is 10.2. The molecule has 0 unspecified atom stereocenters. The molecule has 1 aliphatic heterocycles. The van der Waals surface area contributed by atoms with Gasteiger partial charge in [-0.05, 0) is 30.3 Å². The smallest absolute Gasteiger partial charge is 0.128 e. The van der Waals surface area contributed by atoms with Crippen molar-refractivity contribution in [1.29, 1.82) is 0 Å². The Kier molecular flexibility index (Phi) is 3.33. The van der Waals surface area contributed by atoms with E-state index in [0.717, 1.165) is 37.7 Å². The molecular weight excluding hydrogens is 250 g/mol. The van der Waals surface area contributed by atoms with Crippen molar-refractivity contribution in [2.75, 3.05) is 47.4 Å². The summed E-state index contributed by atoms with van der Waals surface area (Å²) < 4.78 is 0. The topological polar surface area (TPSA) is 71.4 Å². The van der Waals surface area contributed by atoms with Crippen LogP contribution < -0.4 is 21.3 Å². The van der Waals surface area contributed by atoms with E-state index in [0.29, 0.717) is 11.4 Å². The molecule has 1 aliphatic rings. The molecule has 20 heavy (non-hydrogen) atoms. The SMILES string of the molecule is Nc1ccc(N2CCN(c3ccccn3)CC2)cc1N. The maximum Gasteiger partial charge on any atom is 0.128 e. The zero-order valence-electron chi connectivity index (χ0n) is 11.4. The Morgan fingerprint density at radius 3 is 2.25 bits per heavy atom. The Morgan fingerprint density at radius 1 is 0.850 bits per heavy atom. The summed E-state index contributed by atoms with van der Waals surface area (Å²) in [6.45, 7) is 3.84. The fourth-order valence-electron chi connectivity index (χ4n) is 2.49. The largest absolute Gasteiger partial charge is 0.397 e. The van der Waals surface area contributed by atoms with Gasteiger partial charge in [0, 0.05) is 38.1 Å². The number of nitrogen functional groups attached to an aromatic ring is 2. The highest BCUT2D eigenvalue weighted by Crippen LogP contribution is 2.24. The van der Waals surface area contributed by atoms with E-state index in [-0.39, 0.29) is 0 Å². The molecule has 5 nitrogen and oxygen atoms in total. The lowest BCUT2D eigenvalue weighted by Gasteiger charge is -2.36. The van der Waals surface area contributed by atoms with Gasteiger partial charge in [-0.2, -0.15) is 0 Å². The van der Waals surface area contributed by atoms with Gasteiger partial charge in [0.2, 0.25) is 0 Å². The van der Waals surface area contributed by atoms with E-state index < -0.39 is 0 Å². The van der Waals surface area contributed by atoms with E-state index >= 15 is 0 Å². The first-order valence-electron chi connectivity index (χ1n) is 6.80. The highest BCUT2D eigenvalue weighted by molar-refractivity contribution is 5.70. The average molecular weight is 269 g/mol. The summed E-state index contributed by atoms with van der Waals surface area (Å²) in [4.78, 5) is 9.03. The number of aromatic nitrogens is 1. The van der Waals surface area contributed by atoms with Crippen LogP contribution in [-0.4, -0.2) is 31.2 Å². The highest BCUT2D eigenvalue weighted by Gasteiger charge is 2.18. The Hall–Kier alpha value is -2.43. The molecule has 0 spiro atoms. The lowest BCUT2D eigenvalue weighted by Crippen LogP contribution is -2.46. The standard InChI is InChI=1S/C15H19N5/c16-13-5-4-12(11-14(13)17)19-7-9-20(10-8-19)15-3-1-2-6-18-15/h1-6,11H,7-10,16-17H2. The molecule has 1 aromatic heterocycles. The minimum absolute atomic E-state index is 0.640. The lowest BCUT2D eigenvalue weighted by molar-refractivity contribution is 0.647. The fraction of sp³-hybridized carbons (Fsp3) is 0.267. The van der Waals surface area contributed by atoms with Crippen molar-refractivity contribution in [3.8, 4) is 0 Å². The first-order valence-corrected chi connectivity index (χ1v) is 6.80. The average Bonchev–Trinajstić information content (AvgIpc) is 2.51. The van der Waals surface area contributed by atoms with Gasteiger partial charge in [0.1, 0.15) is 5.82 Å². The minimum atomic E-state index is 0.640. The van der Waals surface area contributed by atoms with Crippen LogP contribution in [0.3, 0.4) is 0 Å². The van der Waals surface area contributed by atoms with Crippen LogP contribution in [0.25, 0.3) is 0 Å². The molecule has 0 atom stereocenters. The van der Waals surface area contributed by atoms with Crippen LogP contribution in [0.4, 0.5) is 22.9 Å². The molecule has 0 amide bonds. The Balaban J connectivity index is 1.68. The van der Waals surface area contributed by atoms with E-state index in [9.17, 15) is 0 Å². The maximum atomic E-state index is 5.87. The first-order chi connectivity index (χ1) is 9.74. The van der Waals surface area contributed by atoms with Gasteiger partial charge < -0.3 is 21.3 Å². The fourth-order valence-corrected chi connectivity index (χ4v) is 2.49. The molecule has 2 heterocycles. The monoisotopic (exact) mass is 269 g/mol. The van der Waals surface area contributed by atoms with Crippen molar-refractivity contribution < 1.29 is 0 Å². The van der Waals surface area contributed by atoms with Gasteiger partial charge in [-0.1, -0.05) is 6.07 Å². The summed E-state index contributed by atoms with van der Waals surface area (Å²) in [5.41, 5.74) is 14.1. The number of hydrogen-bond acceptors (Lipinski definition) is 5. The summed E-state index contributed by atoms with van der Waals surface area (Å²) in [6, 6.07) is 11.9. The Bertz CT molecular complexity index is 576. The molecule has 104 valence electrons. The summed E-state index contributed by atoms with van der Waals surface area (Å²) in [5, 5.41) is 0. The third-order valence-corrected chi connectivity index (χ3v) is 3.69. The molecule has 5 heteroatoms. The van der Waals surface area contributed by atoms with E-state index in [2.05, 4.69) is 20.9 Å². The second-order valence-corrected chi connectivity index (χ2v) is 4.98. The number of nitrogens with zero attached hydrogens (tertiary/aromatic N) is 3. The number of nitrogens with two attached hydrogens (primary N) is 2. The van der Waals surface area contributed by atoms with E-state index in [1.807, 2.05) is 36.5 Å². The summed E-state index contributed by atoms with van der Waals surface area (Å²) in [6.07, 6.45) is 1.84. The number of pyridine rings is 1. The summed E-state index contributed by atoms with van der Waals surface area (Å²) in [5.74, 6) is 1.05.